The van der Waals surface area contributed by atoms with Gasteiger partial charge in [0.25, 0.3) is 0 Å². The highest BCUT2D eigenvalue weighted by Gasteiger charge is 2.34. The van der Waals surface area contributed by atoms with Crippen molar-refractivity contribution >= 4 is 40.8 Å². The molecular weight excluding hydrogens is 457 g/mol. The summed E-state index contributed by atoms with van der Waals surface area (Å²) < 4.78 is 2.07. The molecule has 31 heavy (non-hydrogen) atoms. The van der Waals surface area contributed by atoms with Crippen molar-refractivity contribution in [2.24, 2.45) is 0 Å². The second kappa shape index (κ2) is 9.47. The van der Waals surface area contributed by atoms with E-state index >= 15 is 0 Å². The first-order valence-electron chi connectivity index (χ1n) is 10.0. The molecule has 2 amide bonds. The maximum Gasteiger partial charge on any atom is 0.318 e. The summed E-state index contributed by atoms with van der Waals surface area (Å²) in [5, 5.41) is 13.5. The van der Waals surface area contributed by atoms with Crippen molar-refractivity contribution in [1.29, 1.82) is 0 Å². The molecule has 9 heteroatoms. The predicted molar refractivity (Wildman–Crippen MR) is 123 cm³/mol. The van der Waals surface area contributed by atoms with Gasteiger partial charge in [-0.15, -0.1) is 10.2 Å². The Morgan fingerprint density at radius 3 is 2.58 bits per heavy atom. The number of carbonyl (C=O) groups is 1. The summed E-state index contributed by atoms with van der Waals surface area (Å²) in [5.74, 6) is 1.61. The Balaban J connectivity index is 1.49. The van der Waals surface area contributed by atoms with Crippen LogP contribution in [0.1, 0.15) is 41.7 Å². The van der Waals surface area contributed by atoms with Gasteiger partial charge in [-0.2, -0.15) is 0 Å². The molecule has 6 nitrogen and oxygen atoms in total. The molecule has 2 aromatic carbocycles. The Hall–Kier alpha value is -2.28. The molecule has 1 atom stereocenters. The Morgan fingerprint density at radius 2 is 1.84 bits per heavy atom. The number of aryl methyl sites for hydroxylation is 1. The molecule has 162 valence electrons. The van der Waals surface area contributed by atoms with Crippen LogP contribution in [-0.2, 0) is 13.1 Å². The van der Waals surface area contributed by atoms with Crippen LogP contribution in [0.2, 0.25) is 15.1 Å². The normalized spacial score (nSPS) is 16.0. The smallest absolute Gasteiger partial charge is 0.318 e. The van der Waals surface area contributed by atoms with Crippen molar-refractivity contribution in [3.8, 4) is 0 Å². The molecule has 3 aromatic rings. The van der Waals surface area contributed by atoms with Gasteiger partial charge >= 0.3 is 6.03 Å². The van der Waals surface area contributed by atoms with Gasteiger partial charge in [-0.05, 0) is 55.2 Å². The number of nitrogens with one attached hydrogen (secondary N) is 1. The second-order valence-corrected chi connectivity index (χ2v) is 8.84. The monoisotopic (exact) mass is 477 g/mol. The van der Waals surface area contributed by atoms with Gasteiger partial charge in [-0.1, -0.05) is 53.0 Å². The largest absolute Gasteiger partial charge is 0.334 e. The first kappa shape index (κ1) is 21.9. The first-order valence-corrected chi connectivity index (χ1v) is 11.2. The third-order valence-corrected chi connectivity index (χ3v) is 6.31. The van der Waals surface area contributed by atoms with Crippen LogP contribution in [0.15, 0.2) is 42.5 Å². The summed E-state index contributed by atoms with van der Waals surface area (Å²) in [5.41, 5.74) is 1.91. The Kier molecular flexibility index (Phi) is 6.70. The number of aromatic nitrogens is 3. The van der Waals surface area contributed by atoms with Gasteiger partial charge < -0.3 is 14.8 Å². The van der Waals surface area contributed by atoms with Crippen LogP contribution in [0.4, 0.5) is 4.79 Å². The van der Waals surface area contributed by atoms with Crippen LogP contribution in [0.25, 0.3) is 0 Å². The van der Waals surface area contributed by atoms with Crippen LogP contribution in [0, 0.1) is 6.92 Å². The fourth-order valence-corrected chi connectivity index (χ4v) is 4.43. The number of rotatable bonds is 5. The van der Waals surface area contributed by atoms with Gasteiger partial charge in [0, 0.05) is 28.2 Å². The van der Waals surface area contributed by atoms with E-state index < -0.39 is 0 Å². The van der Waals surface area contributed by atoms with Crippen molar-refractivity contribution in [1.82, 2.24) is 25.0 Å². The van der Waals surface area contributed by atoms with E-state index in [2.05, 4.69) is 20.1 Å². The highest BCUT2D eigenvalue weighted by Crippen LogP contribution is 2.32. The van der Waals surface area contributed by atoms with Crippen molar-refractivity contribution in [3.63, 3.8) is 0 Å². The number of amides is 2. The van der Waals surface area contributed by atoms with Crippen LogP contribution >= 0.6 is 34.8 Å². The zero-order valence-electron chi connectivity index (χ0n) is 17.0. The van der Waals surface area contributed by atoms with Crippen LogP contribution in [-0.4, -0.2) is 32.2 Å². The molecule has 1 aromatic heterocycles. The van der Waals surface area contributed by atoms with Gasteiger partial charge in [0.1, 0.15) is 5.82 Å². The van der Waals surface area contributed by atoms with E-state index in [4.69, 9.17) is 34.8 Å². The fraction of sp³-hybridized carbons (Fsp3) is 0.318. The zero-order valence-corrected chi connectivity index (χ0v) is 19.3. The van der Waals surface area contributed by atoms with Gasteiger partial charge in [-0.3, -0.25) is 0 Å². The van der Waals surface area contributed by atoms with Crippen LogP contribution < -0.4 is 5.32 Å². The summed E-state index contributed by atoms with van der Waals surface area (Å²) >= 11 is 18.2. The fourth-order valence-electron chi connectivity index (χ4n) is 3.83. The van der Waals surface area contributed by atoms with E-state index in [1.54, 1.807) is 12.1 Å². The third-order valence-electron chi connectivity index (χ3n) is 5.48. The van der Waals surface area contributed by atoms with Crippen molar-refractivity contribution < 1.29 is 4.79 Å². The molecule has 0 spiro atoms. The Bertz CT molecular complexity index is 1080. The number of benzene rings is 2. The second-order valence-electron chi connectivity index (χ2n) is 7.56. The van der Waals surface area contributed by atoms with Gasteiger partial charge in [0.05, 0.1) is 12.6 Å². The predicted octanol–water partition coefficient (Wildman–Crippen LogP) is 5.64. The number of nitrogens with zero attached hydrogens (tertiary/aromatic N) is 4. The first-order chi connectivity index (χ1) is 14.9. The minimum Gasteiger partial charge on any atom is -0.334 e. The number of halogens is 3. The van der Waals surface area contributed by atoms with E-state index in [9.17, 15) is 4.79 Å². The number of hydrogen-bond acceptors (Lipinski definition) is 3. The number of hydrogen-bond donors (Lipinski definition) is 1. The lowest BCUT2D eigenvalue weighted by Gasteiger charge is -2.25. The lowest BCUT2D eigenvalue weighted by Crippen LogP contribution is -2.40. The minimum absolute atomic E-state index is 0.130. The zero-order chi connectivity index (χ0) is 22.0. The summed E-state index contributed by atoms with van der Waals surface area (Å²) in [4.78, 5) is 14.8. The van der Waals surface area contributed by atoms with E-state index in [0.717, 1.165) is 35.6 Å². The molecule has 4 rings (SSSR count). The van der Waals surface area contributed by atoms with E-state index in [0.29, 0.717) is 34.7 Å². The molecule has 2 heterocycles. The molecule has 1 aliphatic heterocycles. The summed E-state index contributed by atoms with van der Waals surface area (Å²) in [7, 11) is 0. The molecule has 1 N–H and O–H groups in total. The lowest BCUT2D eigenvalue weighted by atomic mass is 10.2. The molecule has 0 unspecified atom stereocenters. The summed E-state index contributed by atoms with van der Waals surface area (Å²) in [6.45, 7) is 3.54. The van der Waals surface area contributed by atoms with Crippen LogP contribution in [0.5, 0.6) is 0 Å². The van der Waals surface area contributed by atoms with Gasteiger partial charge in [0.15, 0.2) is 5.82 Å². The summed E-state index contributed by atoms with van der Waals surface area (Å²) in [6, 6.07) is 12.7. The topological polar surface area (TPSA) is 63.1 Å². The van der Waals surface area contributed by atoms with Crippen molar-refractivity contribution in [2.75, 3.05) is 6.54 Å². The van der Waals surface area contributed by atoms with Gasteiger partial charge in [0.2, 0.25) is 0 Å². The Morgan fingerprint density at radius 1 is 1.10 bits per heavy atom. The van der Waals surface area contributed by atoms with Crippen molar-refractivity contribution in [2.45, 2.75) is 38.9 Å². The Labute approximate surface area is 196 Å². The molecular formula is C22H22Cl3N5O. The van der Waals surface area contributed by atoms with Gasteiger partial charge in [-0.25, -0.2) is 4.79 Å². The standard InChI is InChI=1S/C22H22Cl3N5O/c1-14-27-28-21(30(14)13-15-4-7-17(23)8-5-15)20-3-2-10-29(20)22(31)26-12-16-6-9-18(24)11-19(16)25/h4-9,11,20H,2-3,10,12-13H2,1H3,(H,26,31)/t20-/m1/s1. The molecule has 1 saturated heterocycles. The van der Waals surface area contributed by atoms with Crippen molar-refractivity contribution in [3.05, 3.63) is 80.3 Å². The number of carbonyl (C=O) groups excluding carboxylic acids is 1. The molecule has 0 aliphatic carbocycles. The van der Waals surface area contributed by atoms with E-state index in [1.807, 2.05) is 42.2 Å². The SMILES string of the molecule is Cc1nnc([C@H]2CCCN2C(=O)NCc2ccc(Cl)cc2Cl)n1Cc1ccc(Cl)cc1. The molecule has 0 saturated carbocycles. The average Bonchev–Trinajstić information content (AvgIpc) is 3.36. The maximum atomic E-state index is 13.0. The molecule has 0 bridgehead atoms. The molecule has 1 fully saturated rings. The highest BCUT2D eigenvalue weighted by atomic mass is 35.5. The van der Waals surface area contributed by atoms with E-state index in [-0.39, 0.29) is 12.1 Å². The average molecular weight is 479 g/mol. The summed E-state index contributed by atoms with van der Waals surface area (Å²) in [6.07, 6.45) is 1.75. The number of likely N-dealkylation sites (tertiary alicyclic amines) is 1. The minimum atomic E-state index is -0.146. The number of urea groups is 1. The molecule has 0 radical (unpaired) electrons. The third kappa shape index (κ3) is 4.97. The molecule has 1 aliphatic rings. The van der Waals surface area contributed by atoms with E-state index in [1.165, 1.54) is 0 Å². The quantitative estimate of drug-likeness (QED) is 0.516. The lowest BCUT2D eigenvalue weighted by molar-refractivity contribution is 0.189. The van der Waals surface area contributed by atoms with Crippen LogP contribution in [0.3, 0.4) is 0 Å². The highest BCUT2D eigenvalue weighted by molar-refractivity contribution is 6.35. The maximum absolute atomic E-state index is 13.0.